The summed E-state index contributed by atoms with van der Waals surface area (Å²) in [6, 6.07) is 18.7. The van der Waals surface area contributed by atoms with Gasteiger partial charge in [0.2, 0.25) is 17.7 Å². The number of hydrogen-bond donors (Lipinski definition) is 1. The maximum atomic E-state index is 14.3. The predicted octanol–water partition coefficient (Wildman–Crippen LogP) is 8.32. The number of aromatic nitrogens is 2. The first-order valence-electron chi connectivity index (χ1n) is 21.3. The van der Waals surface area contributed by atoms with E-state index in [1.165, 1.54) is 6.20 Å². The molecule has 2 aromatic heterocycles. The molecule has 1 saturated carbocycles. The van der Waals surface area contributed by atoms with E-state index in [0.717, 1.165) is 90.9 Å². The molecule has 2 saturated heterocycles. The monoisotopic (exact) mass is 835 g/mol. The third kappa shape index (κ3) is 8.21. The number of unbranched alkanes of at least 4 members (excludes halogenated alkanes) is 2. The van der Waals surface area contributed by atoms with Gasteiger partial charge in [-0.1, -0.05) is 49.6 Å². The van der Waals surface area contributed by atoms with Gasteiger partial charge < -0.3 is 18.9 Å². The molecule has 1 atom stereocenters. The fraction of sp³-hybridized carbons (Fsp3) is 0.426. The number of nitrogens with one attached hydrogen (secondary N) is 1. The normalized spacial score (nSPS) is 21.2. The number of para-hydroxylation sites is 1. The molecule has 3 fully saturated rings. The molecule has 0 spiro atoms. The number of pyridine rings is 1. The molecule has 5 aromatic rings. The fourth-order valence-electron chi connectivity index (χ4n) is 9.59. The lowest BCUT2D eigenvalue weighted by molar-refractivity contribution is -0.140. The second-order valence-electron chi connectivity index (χ2n) is 17.1. The molecule has 0 radical (unpaired) electrons. The summed E-state index contributed by atoms with van der Waals surface area (Å²) in [6.45, 7) is 3.44. The number of likely N-dealkylation sites (tertiary alicyclic amines) is 1. The summed E-state index contributed by atoms with van der Waals surface area (Å²) in [5.74, 6) is -0.962. The number of ether oxygens (including phenoxy) is 2. The number of hydrogen-bond acceptors (Lipinski definition) is 8. The van der Waals surface area contributed by atoms with Crippen LogP contribution in [0.3, 0.4) is 0 Å². The number of imide groups is 2. The van der Waals surface area contributed by atoms with Crippen molar-refractivity contribution in [2.24, 2.45) is 18.9 Å². The minimum absolute atomic E-state index is 0.0690. The van der Waals surface area contributed by atoms with Crippen LogP contribution < -0.4 is 14.8 Å². The molecule has 11 nitrogen and oxygen atoms in total. The van der Waals surface area contributed by atoms with E-state index in [0.29, 0.717) is 48.2 Å². The second kappa shape index (κ2) is 16.6. The van der Waals surface area contributed by atoms with Gasteiger partial charge in [0.1, 0.15) is 23.5 Å². The number of carbonyl (C=O) groups excluding carboxylic acids is 4. The molecule has 0 bridgehead atoms. The molecular formula is C47H48F3N5O6. The number of nitrogens with zero attached hydrogens (tertiary/aromatic N) is 4. The largest absolute Gasteiger partial charge is 0.494 e. The van der Waals surface area contributed by atoms with Crippen molar-refractivity contribution in [3.8, 4) is 22.8 Å². The molecule has 3 aromatic carbocycles. The minimum atomic E-state index is -4.61. The minimum Gasteiger partial charge on any atom is -0.494 e. The molecule has 61 heavy (non-hydrogen) atoms. The number of carbonyl (C=O) groups is 4. The zero-order valence-corrected chi connectivity index (χ0v) is 34.0. The first-order valence-corrected chi connectivity index (χ1v) is 21.3. The number of benzene rings is 3. The number of alkyl halides is 3. The zero-order chi connectivity index (χ0) is 42.4. The summed E-state index contributed by atoms with van der Waals surface area (Å²) in [4.78, 5) is 57.5. The van der Waals surface area contributed by atoms with Crippen molar-refractivity contribution >= 4 is 45.4 Å². The molecule has 5 heterocycles. The van der Waals surface area contributed by atoms with Crippen LogP contribution in [0.1, 0.15) is 90.5 Å². The first-order chi connectivity index (χ1) is 29.4. The fourth-order valence-corrected chi connectivity index (χ4v) is 9.59. The first kappa shape index (κ1) is 40.6. The molecule has 1 aliphatic carbocycles. The van der Waals surface area contributed by atoms with Gasteiger partial charge in [0.05, 0.1) is 17.7 Å². The molecule has 1 unspecified atom stereocenters. The molecule has 9 rings (SSSR count). The number of aryl methyl sites for hydroxylation is 1. The third-order valence-corrected chi connectivity index (χ3v) is 13.0. The van der Waals surface area contributed by atoms with Crippen LogP contribution in [0.25, 0.3) is 32.9 Å². The Morgan fingerprint density at radius 1 is 0.803 bits per heavy atom. The van der Waals surface area contributed by atoms with Crippen molar-refractivity contribution < 1.29 is 41.8 Å². The highest BCUT2D eigenvalue weighted by atomic mass is 19.4. The summed E-state index contributed by atoms with van der Waals surface area (Å²) in [7, 11) is 1.96. The highest BCUT2D eigenvalue weighted by Gasteiger charge is 2.45. The summed E-state index contributed by atoms with van der Waals surface area (Å²) < 4.78 is 56.9. The molecule has 3 aliphatic heterocycles. The van der Waals surface area contributed by atoms with E-state index in [9.17, 15) is 32.3 Å². The van der Waals surface area contributed by atoms with Crippen molar-refractivity contribution in [3.05, 3.63) is 89.6 Å². The van der Waals surface area contributed by atoms with E-state index >= 15 is 0 Å². The van der Waals surface area contributed by atoms with Crippen molar-refractivity contribution in [1.29, 1.82) is 0 Å². The summed E-state index contributed by atoms with van der Waals surface area (Å²) >= 11 is 0. The maximum absolute atomic E-state index is 14.3. The van der Waals surface area contributed by atoms with Crippen LogP contribution in [-0.2, 0) is 22.8 Å². The summed E-state index contributed by atoms with van der Waals surface area (Å²) in [5.41, 5.74) is 2.64. The zero-order valence-electron chi connectivity index (χ0n) is 34.0. The van der Waals surface area contributed by atoms with Crippen LogP contribution in [0.2, 0.25) is 0 Å². The quantitative estimate of drug-likeness (QED) is 0.0929. The van der Waals surface area contributed by atoms with Crippen molar-refractivity contribution in [3.63, 3.8) is 0 Å². The number of halogens is 3. The Morgan fingerprint density at radius 3 is 2.36 bits per heavy atom. The smallest absolute Gasteiger partial charge is 0.421 e. The molecule has 4 aliphatic rings. The van der Waals surface area contributed by atoms with Crippen LogP contribution in [-0.4, -0.2) is 81.4 Å². The van der Waals surface area contributed by atoms with Crippen LogP contribution in [0, 0.1) is 11.8 Å². The standard InChI is InChI=1S/C47H48F3N5O6/c1-53-39-9-5-4-8-34(39)35-12-10-30(24-41(35)53)31-23-38(47(48,49)50)44(51-26-31)61-33-21-29(22-33)27-54-18-16-28(17-19-54)7-3-2-6-20-60-32-11-13-36-37(25-32)46(59)55(45(36)58)40-14-15-42(56)52-43(40)57/h4-5,8-13,23-26,28-29,33,40H,2-3,6-7,14-22,27H2,1H3,(H,52,56,57). The van der Waals surface area contributed by atoms with Gasteiger partial charge in [-0.15, -0.1) is 0 Å². The van der Waals surface area contributed by atoms with Crippen LogP contribution >= 0.6 is 0 Å². The number of rotatable bonds is 13. The van der Waals surface area contributed by atoms with E-state index in [1.54, 1.807) is 18.2 Å². The lowest BCUT2D eigenvalue weighted by Crippen LogP contribution is -2.54. The average molecular weight is 836 g/mol. The Kier molecular flexibility index (Phi) is 11.1. The third-order valence-electron chi connectivity index (χ3n) is 13.0. The summed E-state index contributed by atoms with van der Waals surface area (Å²) in [5, 5.41) is 4.35. The van der Waals surface area contributed by atoms with Gasteiger partial charge in [-0.05, 0) is 105 Å². The van der Waals surface area contributed by atoms with E-state index < -0.39 is 41.4 Å². The molecule has 14 heteroatoms. The van der Waals surface area contributed by atoms with Gasteiger partial charge in [0, 0.05) is 53.6 Å². The van der Waals surface area contributed by atoms with Gasteiger partial charge in [-0.2, -0.15) is 13.2 Å². The lowest BCUT2D eigenvalue weighted by atomic mass is 9.81. The Balaban J connectivity index is 0.684. The molecule has 318 valence electrons. The van der Waals surface area contributed by atoms with Gasteiger partial charge >= 0.3 is 6.18 Å². The Morgan fingerprint density at radius 2 is 1.57 bits per heavy atom. The lowest BCUT2D eigenvalue weighted by Gasteiger charge is -2.40. The van der Waals surface area contributed by atoms with E-state index in [4.69, 9.17) is 9.47 Å². The topological polar surface area (TPSA) is 123 Å². The average Bonchev–Trinajstić information content (AvgIpc) is 3.66. The maximum Gasteiger partial charge on any atom is 0.421 e. The van der Waals surface area contributed by atoms with Crippen molar-refractivity contribution in [1.82, 2.24) is 24.7 Å². The van der Waals surface area contributed by atoms with Gasteiger partial charge in [0.25, 0.3) is 11.8 Å². The van der Waals surface area contributed by atoms with Crippen molar-refractivity contribution in [2.45, 2.75) is 82.5 Å². The van der Waals surface area contributed by atoms with E-state index in [-0.39, 0.29) is 36.0 Å². The SMILES string of the molecule is Cn1c2ccccc2c2ccc(-c3cnc(OC4CC(CN5CCC(CCCCCOc6ccc7c(c6)C(=O)N(C6CCC(=O)NC6=O)C7=O)CC5)C4)c(C(F)(F)F)c3)cc21. The Labute approximate surface area is 351 Å². The summed E-state index contributed by atoms with van der Waals surface area (Å²) in [6.07, 6.45) is 4.51. The van der Waals surface area contributed by atoms with E-state index in [1.807, 2.05) is 49.5 Å². The second-order valence-corrected chi connectivity index (χ2v) is 17.1. The highest BCUT2D eigenvalue weighted by Crippen LogP contribution is 2.41. The molecule has 1 N–H and O–H groups in total. The Hall–Kier alpha value is -5.76. The number of fused-ring (bicyclic) bond motifs is 4. The van der Waals surface area contributed by atoms with Gasteiger partial charge in [-0.25, -0.2) is 4.98 Å². The molecular weight excluding hydrogens is 788 g/mol. The number of piperidine rings is 2. The van der Waals surface area contributed by atoms with Gasteiger partial charge in [-0.3, -0.25) is 29.4 Å². The highest BCUT2D eigenvalue weighted by molar-refractivity contribution is 6.23. The van der Waals surface area contributed by atoms with Crippen molar-refractivity contribution in [2.75, 3.05) is 26.2 Å². The van der Waals surface area contributed by atoms with Crippen LogP contribution in [0.15, 0.2) is 72.9 Å². The van der Waals surface area contributed by atoms with Gasteiger partial charge in [0.15, 0.2) is 0 Å². The Bertz CT molecular complexity index is 2520. The van der Waals surface area contributed by atoms with E-state index in [2.05, 4.69) is 19.8 Å². The van der Waals surface area contributed by atoms with Crippen LogP contribution in [0.4, 0.5) is 13.2 Å². The predicted molar refractivity (Wildman–Crippen MR) is 222 cm³/mol. The molecule has 4 amide bonds. The van der Waals surface area contributed by atoms with Crippen LogP contribution in [0.5, 0.6) is 11.6 Å². The number of amides is 4.